The summed E-state index contributed by atoms with van der Waals surface area (Å²) in [5.74, 6) is 1.43. The lowest BCUT2D eigenvalue weighted by molar-refractivity contribution is -0.126. The highest BCUT2D eigenvalue weighted by molar-refractivity contribution is 5.78. The molecule has 0 unspecified atom stereocenters. The van der Waals surface area contributed by atoms with Crippen molar-refractivity contribution in [2.24, 2.45) is 23.0 Å². The van der Waals surface area contributed by atoms with Gasteiger partial charge >= 0.3 is 0 Å². The van der Waals surface area contributed by atoms with Crippen LogP contribution in [0.5, 0.6) is 0 Å². The smallest absolute Gasteiger partial charge is 0.223 e. The largest absolute Gasteiger partial charge is 0.355 e. The quantitative estimate of drug-likeness (QED) is 0.753. The highest BCUT2D eigenvalue weighted by Crippen LogP contribution is 2.37. The topological polar surface area (TPSA) is 55.1 Å². The lowest BCUT2D eigenvalue weighted by atomic mass is 9.79. The Labute approximate surface area is 130 Å². The van der Waals surface area contributed by atoms with E-state index < -0.39 is 0 Å². The zero-order chi connectivity index (χ0) is 15.1. The molecule has 3 N–H and O–H groups in total. The Balaban J connectivity index is 1.70. The summed E-state index contributed by atoms with van der Waals surface area (Å²) >= 11 is 0. The van der Waals surface area contributed by atoms with Gasteiger partial charge in [0, 0.05) is 12.5 Å². The highest BCUT2D eigenvalue weighted by Gasteiger charge is 2.34. The second-order valence-corrected chi connectivity index (χ2v) is 7.49. The van der Waals surface area contributed by atoms with E-state index in [-0.39, 0.29) is 11.3 Å². The van der Waals surface area contributed by atoms with Gasteiger partial charge in [0.05, 0.1) is 0 Å². The molecule has 2 fully saturated rings. The van der Waals surface area contributed by atoms with Crippen LogP contribution in [0.15, 0.2) is 0 Å². The lowest BCUT2D eigenvalue weighted by Crippen LogP contribution is -2.43. The number of amides is 1. The van der Waals surface area contributed by atoms with E-state index in [1.54, 1.807) is 0 Å². The average Bonchev–Trinajstić information content (AvgIpc) is 3.00. The minimum absolute atomic E-state index is 0.202. The van der Waals surface area contributed by atoms with E-state index in [0.717, 1.165) is 31.8 Å². The first-order valence-corrected chi connectivity index (χ1v) is 9.17. The third-order valence-electron chi connectivity index (χ3n) is 5.92. The zero-order valence-corrected chi connectivity index (χ0v) is 13.8. The van der Waals surface area contributed by atoms with Crippen LogP contribution < -0.4 is 11.1 Å². The SMILES string of the molecule is CCCCC1CCC(C(=O)NCC2(CN)CCCC2)CC1. The molecule has 0 aliphatic heterocycles. The molecule has 0 spiro atoms. The molecule has 3 nitrogen and oxygen atoms in total. The van der Waals surface area contributed by atoms with Crippen molar-refractivity contribution in [3.8, 4) is 0 Å². The number of nitrogens with one attached hydrogen (secondary N) is 1. The van der Waals surface area contributed by atoms with Crippen molar-refractivity contribution in [1.29, 1.82) is 0 Å². The predicted octanol–water partition coefficient (Wildman–Crippen LogP) is 3.62. The van der Waals surface area contributed by atoms with Crippen LogP contribution in [0, 0.1) is 17.3 Å². The van der Waals surface area contributed by atoms with Crippen LogP contribution in [-0.2, 0) is 4.79 Å². The van der Waals surface area contributed by atoms with Crippen LogP contribution in [0.25, 0.3) is 0 Å². The molecule has 0 atom stereocenters. The summed E-state index contributed by atoms with van der Waals surface area (Å²) in [5, 5.41) is 3.23. The van der Waals surface area contributed by atoms with Crippen molar-refractivity contribution in [3.05, 3.63) is 0 Å². The molecule has 0 saturated heterocycles. The second-order valence-electron chi connectivity index (χ2n) is 7.49. The Hall–Kier alpha value is -0.570. The summed E-state index contributed by atoms with van der Waals surface area (Å²) < 4.78 is 0. The van der Waals surface area contributed by atoms with Gasteiger partial charge in [-0.25, -0.2) is 0 Å². The average molecular weight is 294 g/mol. The van der Waals surface area contributed by atoms with Gasteiger partial charge in [-0.1, -0.05) is 39.0 Å². The first kappa shape index (κ1) is 16.8. The zero-order valence-electron chi connectivity index (χ0n) is 13.8. The van der Waals surface area contributed by atoms with E-state index in [2.05, 4.69) is 12.2 Å². The fourth-order valence-electron chi connectivity index (χ4n) is 4.20. The van der Waals surface area contributed by atoms with E-state index >= 15 is 0 Å². The summed E-state index contributed by atoms with van der Waals surface area (Å²) in [7, 11) is 0. The third kappa shape index (κ3) is 4.70. The van der Waals surface area contributed by atoms with Gasteiger partial charge in [-0.2, -0.15) is 0 Å². The van der Waals surface area contributed by atoms with Crippen LogP contribution in [0.2, 0.25) is 0 Å². The molecule has 0 aromatic rings. The molecule has 0 heterocycles. The van der Waals surface area contributed by atoms with Gasteiger partial charge in [0.1, 0.15) is 0 Å². The van der Waals surface area contributed by atoms with E-state index in [9.17, 15) is 4.79 Å². The van der Waals surface area contributed by atoms with Crippen molar-refractivity contribution in [1.82, 2.24) is 5.32 Å². The maximum Gasteiger partial charge on any atom is 0.223 e. The van der Waals surface area contributed by atoms with E-state index in [4.69, 9.17) is 5.73 Å². The number of hydrogen-bond donors (Lipinski definition) is 2. The van der Waals surface area contributed by atoms with E-state index in [1.165, 1.54) is 57.8 Å². The lowest BCUT2D eigenvalue weighted by Gasteiger charge is -2.31. The Morgan fingerprint density at radius 3 is 2.43 bits per heavy atom. The summed E-state index contributed by atoms with van der Waals surface area (Å²) in [5.41, 5.74) is 6.15. The van der Waals surface area contributed by atoms with Crippen molar-refractivity contribution in [3.63, 3.8) is 0 Å². The van der Waals surface area contributed by atoms with E-state index in [1.807, 2.05) is 0 Å². The normalized spacial score (nSPS) is 28.5. The number of carbonyl (C=O) groups is 1. The Kier molecular flexibility index (Phi) is 6.53. The van der Waals surface area contributed by atoms with Crippen LogP contribution in [-0.4, -0.2) is 19.0 Å². The monoisotopic (exact) mass is 294 g/mol. The standard InChI is InChI=1S/C18H34N2O/c1-2-3-6-15-7-9-16(10-8-15)17(21)20-14-18(13-19)11-4-5-12-18/h15-16H,2-14,19H2,1H3,(H,20,21). The minimum Gasteiger partial charge on any atom is -0.355 e. The molecule has 2 rings (SSSR count). The van der Waals surface area contributed by atoms with Gasteiger partial charge in [0.2, 0.25) is 5.91 Å². The number of nitrogens with two attached hydrogens (primary N) is 1. The third-order valence-corrected chi connectivity index (χ3v) is 5.92. The first-order chi connectivity index (χ1) is 10.2. The summed E-state index contributed by atoms with van der Waals surface area (Å²) in [4.78, 5) is 12.4. The molecule has 2 saturated carbocycles. The van der Waals surface area contributed by atoms with Gasteiger partial charge in [0.25, 0.3) is 0 Å². The van der Waals surface area contributed by atoms with Gasteiger partial charge in [-0.3, -0.25) is 4.79 Å². The maximum absolute atomic E-state index is 12.4. The number of rotatable bonds is 7. The number of hydrogen-bond acceptors (Lipinski definition) is 2. The summed E-state index contributed by atoms with van der Waals surface area (Å²) in [6, 6.07) is 0. The molecule has 0 bridgehead atoms. The number of unbranched alkanes of at least 4 members (excludes halogenated alkanes) is 1. The minimum atomic E-state index is 0.202. The van der Waals surface area contributed by atoms with Gasteiger partial charge in [0.15, 0.2) is 0 Å². The van der Waals surface area contributed by atoms with Crippen LogP contribution >= 0.6 is 0 Å². The second kappa shape index (κ2) is 8.17. The van der Waals surface area contributed by atoms with Gasteiger partial charge < -0.3 is 11.1 Å². The summed E-state index contributed by atoms with van der Waals surface area (Å²) in [6.07, 6.45) is 13.6. The fraction of sp³-hybridized carbons (Fsp3) is 0.944. The van der Waals surface area contributed by atoms with E-state index in [0.29, 0.717) is 5.91 Å². The molecule has 2 aliphatic carbocycles. The highest BCUT2D eigenvalue weighted by atomic mass is 16.1. The molecule has 2 aliphatic rings. The molecular formula is C18H34N2O. The summed E-state index contributed by atoms with van der Waals surface area (Å²) in [6.45, 7) is 3.78. The van der Waals surface area contributed by atoms with Gasteiger partial charge in [-0.05, 0) is 56.4 Å². The predicted molar refractivity (Wildman–Crippen MR) is 87.9 cm³/mol. The van der Waals surface area contributed by atoms with Crippen LogP contribution in [0.1, 0.15) is 77.6 Å². The Morgan fingerprint density at radius 2 is 1.86 bits per heavy atom. The first-order valence-electron chi connectivity index (χ1n) is 9.17. The van der Waals surface area contributed by atoms with Crippen molar-refractivity contribution < 1.29 is 4.79 Å². The molecule has 122 valence electrons. The molecule has 21 heavy (non-hydrogen) atoms. The molecule has 0 radical (unpaired) electrons. The number of carbonyl (C=O) groups excluding carboxylic acids is 1. The Morgan fingerprint density at radius 1 is 1.19 bits per heavy atom. The molecule has 1 amide bonds. The van der Waals surface area contributed by atoms with Crippen molar-refractivity contribution in [2.75, 3.05) is 13.1 Å². The molecule has 3 heteroatoms. The van der Waals surface area contributed by atoms with Crippen LogP contribution in [0.3, 0.4) is 0 Å². The van der Waals surface area contributed by atoms with Gasteiger partial charge in [-0.15, -0.1) is 0 Å². The molecule has 0 aromatic heterocycles. The van der Waals surface area contributed by atoms with Crippen molar-refractivity contribution >= 4 is 5.91 Å². The molecule has 0 aromatic carbocycles. The fourth-order valence-corrected chi connectivity index (χ4v) is 4.20. The van der Waals surface area contributed by atoms with Crippen molar-refractivity contribution in [2.45, 2.75) is 77.6 Å². The van der Waals surface area contributed by atoms with Crippen LogP contribution in [0.4, 0.5) is 0 Å². The molecular weight excluding hydrogens is 260 g/mol. The maximum atomic E-state index is 12.4. The Bertz CT molecular complexity index is 315.